The minimum absolute atomic E-state index is 0.0143. The Balaban J connectivity index is 2.16. The van der Waals surface area contributed by atoms with Gasteiger partial charge in [0.1, 0.15) is 0 Å². The molecular weight excluding hydrogens is 248 g/mol. The summed E-state index contributed by atoms with van der Waals surface area (Å²) in [5.74, 6) is -1.27. The number of nitrogens with one attached hydrogen (secondary N) is 2. The van der Waals surface area contributed by atoms with Crippen LogP contribution in [0, 0.1) is 5.41 Å². The molecule has 0 radical (unpaired) electrons. The highest BCUT2D eigenvalue weighted by atomic mass is 16.4. The number of aliphatic hydroxyl groups is 1. The predicted molar refractivity (Wildman–Crippen MR) is 70.8 cm³/mol. The lowest BCUT2D eigenvalue weighted by molar-refractivity contribution is -0.146. The van der Waals surface area contributed by atoms with Gasteiger partial charge in [-0.05, 0) is 31.1 Å². The van der Waals surface area contributed by atoms with Gasteiger partial charge in [-0.2, -0.15) is 0 Å². The van der Waals surface area contributed by atoms with Gasteiger partial charge in [-0.3, -0.25) is 0 Å². The first-order valence-electron chi connectivity index (χ1n) is 6.75. The van der Waals surface area contributed by atoms with E-state index in [0.29, 0.717) is 5.41 Å². The van der Waals surface area contributed by atoms with Crippen LogP contribution in [-0.2, 0) is 4.79 Å². The van der Waals surface area contributed by atoms with Gasteiger partial charge in [0.2, 0.25) is 0 Å². The molecule has 6 nitrogen and oxygen atoms in total. The number of urea groups is 1. The second kappa shape index (κ2) is 6.75. The topological polar surface area (TPSA) is 98.7 Å². The van der Waals surface area contributed by atoms with Crippen molar-refractivity contribution in [3.63, 3.8) is 0 Å². The second-order valence-corrected chi connectivity index (χ2v) is 5.98. The standard InChI is InChI=1S/C13H24N2O4/c1-13(2)6-3-9(4-7-13)15-12(19)14-8-5-10(16)11(17)18/h9-10,16H,3-8H2,1-2H3,(H,17,18)(H2,14,15,19). The van der Waals surface area contributed by atoms with Crippen molar-refractivity contribution in [2.24, 2.45) is 5.41 Å². The van der Waals surface area contributed by atoms with Crippen molar-refractivity contribution in [3.8, 4) is 0 Å². The van der Waals surface area contributed by atoms with Gasteiger partial charge in [-0.15, -0.1) is 0 Å². The lowest BCUT2D eigenvalue weighted by Gasteiger charge is -2.34. The number of carbonyl (C=O) groups excluding carboxylic acids is 1. The van der Waals surface area contributed by atoms with E-state index in [4.69, 9.17) is 10.2 Å². The normalized spacial score (nSPS) is 20.6. The van der Waals surface area contributed by atoms with Crippen LogP contribution in [0.4, 0.5) is 4.79 Å². The van der Waals surface area contributed by atoms with Crippen molar-refractivity contribution in [3.05, 3.63) is 0 Å². The first kappa shape index (κ1) is 15.8. The Morgan fingerprint density at radius 3 is 2.42 bits per heavy atom. The average molecular weight is 272 g/mol. The highest BCUT2D eigenvalue weighted by molar-refractivity contribution is 5.74. The van der Waals surface area contributed by atoms with Crippen LogP contribution in [0.15, 0.2) is 0 Å². The van der Waals surface area contributed by atoms with E-state index in [1.165, 1.54) is 0 Å². The van der Waals surface area contributed by atoms with Crippen LogP contribution in [-0.4, -0.2) is 40.9 Å². The number of carbonyl (C=O) groups is 2. The monoisotopic (exact) mass is 272 g/mol. The van der Waals surface area contributed by atoms with E-state index in [9.17, 15) is 9.59 Å². The molecule has 19 heavy (non-hydrogen) atoms. The molecule has 1 saturated carbocycles. The van der Waals surface area contributed by atoms with Gasteiger partial charge < -0.3 is 20.8 Å². The van der Waals surface area contributed by atoms with Crippen molar-refractivity contribution >= 4 is 12.0 Å². The fourth-order valence-corrected chi connectivity index (χ4v) is 2.23. The Bertz CT molecular complexity index is 321. The first-order valence-corrected chi connectivity index (χ1v) is 6.75. The largest absolute Gasteiger partial charge is 0.479 e. The fourth-order valence-electron chi connectivity index (χ4n) is 2.23. The molecular formula is C13H24N2O4. The summed E-state index contributed by atoms with van der Waals surface area (Å²) in [5, 5.41) is 23.0. The van der Waals surface area contributed by atoms with Gasteiger partial charge in [0.05, 0.1) is 0 Å². The van der Waals surface area contributed by atoms with Crippen molar-refractivity contribution in [2.75, 3.05) is 6.54 Å². The Morgan fingerprint density at radius 2 is 1.89 bits per heavy atom. The number of rotatable bonds is 5. The van der Waals surface area contributed by atoms with Crippen molar-refractivity contribution < 1.29 is 19.8 Å². The van der Waals surface area contributed by atoms with Crippen LogP contribution in [0.5, 0.6) is 0 Å². The molecule has 1 aliphatic carbocycles. The maximum atomic E-state index is 11.6. The maximum absolute atomic E-state index is 11.6. The van der Waals surface area contributed by atoms with Gasteiger partial charge in [-0.1, -0.05) is 13.8 Å². The summed E-state index contributed by atoms with van der Waals surface area (Å²) in [7, 11) is 0. The Hall–Kier alpha value is -1.30. The minimum Gasteiger partial charge on any atom is -0.479 e. The summed E-state index contributed by atoms with van der Waals surface area (Å²) in [5.41, 5.74) is 0.361. The number of carboxylic acid groups (broad SMARTS) is 1. The van der Waals surface area contributed by atoms with Gasteiger partial charge in [-0.25, -0.2) is 9.59 Å². The summed E-state index contributed by atoms with van der Waals surface area (Å²) in [4.78, 5) is 21.9. The number of hydrogen-bond donors (Lipinski definition) is 4. The molecule has 110 valence electrons. The average Bonchev–Trinajstić information content (AvgIpc) is 2.31. The van der Waals surface area contributed by atoms with Crippen LogP contribution in [0.25, 0.3) is 0 Å². The summed E-state index contributed by atoms with van der Waals surface area (Å²) in [6, 6.07) is -0.0975. The Morgan fingerprint density at radius 1 is 1.32 bits per heavy atom. The molecule has 1 aliphatic rings. The molecule has 0 aromatic carbocycles. The highest BCUT2D eigenvalue weighted by Gasteiger charge is 2.27. The van der Waals surface area contributed by atoms with E-state index in [1.54, 1.807) is 0 Å². The van der Waals surface area contributed by atoms with E-state index < -0.39 is 12.1 Å². The quantitative estimate of drug-likeness (QED) is 0.602. The molecule has 0 spiro atoms. The lowest BCUT2D eigenvalue weighted by atomic mass is 9.76. The van der Waals surface area contributed by atoms with Gasteiger partial charge in [0.15, 0.2) is 6.10 Å². The van der Waals surface area contributed by atoms with Crippen LogP contribution >= 0.6 is 0 Å². The third-order valence-electron chi connectivity index (χ3n) is 3.66. The molecule has 1 unspecified atom stereocenters. The Kier molecular flexibility index (Phi) is 5.60. The molecule has 4 N–H and O–H groups in total. The molecule has 0 saturated heterocycles. The molecule has 0 bridgehead atoms. The molecule has 1 atom stereocenters. The van der Waals surface area contributed by atoms with Crippen LogP contribution in [0.1, 0.15) is 46.0 Å². The van der Waals surface area contributed by atoms with Crippen molar-refractivity contribution in [2.45, 2.75) is 58.1 Å². The van der Waals surface area contributed by atoms with E-state index in [2.05, 4.69) is 24.5 Å². The Labute approximate surface area is 113 Å². The van der Waals surface area contributed by atoms with Gasteiger partial charge >= 0.3 is 12.0 Å². The molecule has 2 amide bonds. The zero-order valence-corrected chi connectivity index (χ0v) is 11.6. The molecule has 0 aromatic rings. The zero-order valence-electron chi connectivity index (χ0n) is 11.6. The zero-order chi connectivity index (χ0) is 14.5. The van der Waals surface area contributed by atoms with Crippen LogP contribution < -0.4 is 10.6 Å². The van der Waals surface area contributed by atoms with E-state index in [-0.39, 0.29) is 25.0 Å². The smallest absolute Gasteiger partial charge is 0.332 e. The second-order valence-electron chi connectivity index (χ2n) is 5.98. The molecule has 0 heterocycles. The van der Waals surface area contributed by atoms with Gasteiger partial charge in [0.25, 0.3) is 0 Å². The minimum atomic E-state index is -1.42. The lowest BCUT2D eigenvalue weighted by Crippen LogP contribution is -2.45. The third kappa shape index (κ3) is 5.92. The third-order valence-corrected chi connectivity index (χ3v) is 3.66. The molecule has 1 fully saturated rings. The van der Waals surface area contributed by atoms with E-state index in [1.807, 2.05) is 0 Å². The fraction of sp³-hybridized carbons (Fsp3) is 0.846. The number of aliphatic carboxylic acids is 1. The molecule has 0 aromatic heterocycles. The summed E-state index contributed by atoms with van der Waals surface area (Å²) < 4.78 is 0. The predicted octanol–water partition coefficient (Wildman–Crippen LogP) is 1.09. The SMILES string of the molecule is CC1(C)CCC(NC(=O)NCCC(O)C(=O)O)CC1. The number of amides is 2. The summed E-state index contributed by atoms with van der Waals surface area (Å²) in [6.45, 7) is 4.62. The summed E-state index contributed by atoms with van der Waals surface area (Å²) in [6.07, 6.45) is 2.72. The summed E-state index contributed by atoms with van der Waals surface area (Å²) >= 11 is 0. The van der Waals surface area contributed by atoms with E-state index in [0.717, 1.165) is 25.7 Å². The van der Waals surface area contributed by atoms with Crippen molar-refractivity contribution in [1.29, 1.82) is 0 Å². The number of carboxylic acids is 1. The molecule has 0 aliphatic heterocycles. The number of aliphatic hydroxyl groups excluding tert-OH is 1. The highest BCUT2D eigenvalue weighted by Crippen LogP contribution is 2.34. The molecule has 1 rings (SSSR count). The van der Waals surface area contributed by atoms with Crippen molar-refractivity contribution in [1.82, 2.24) is 10.6 Å². The van der Waals surface area contributed by atoms with Crippen LogP contribution in [0.3, 0.4) is 0 Å². The van der Waals surface area contributed by atoms with Crippen LogP contribution in [0.2, 0.25) is 0 Å². The maximum Gasteiger partial charge on any atom is 0.332 e. The molecule has 6 heteroatoms. The first-order chi connectivity index (χ1) is 8.80. The van der Waals surface area contributed by atoms with E-state index >= 15 is 0 Å². The number of hydrogen-bond acceptors (Lipinski definition) is 3. The van der Waals surface area contributed by atoms with Gasteiger partial charge in [0, 0.05) is 19.0 Å².